The Bertz CT molecular complexity index is 782. The molecule has 10 heteroatoms. The van der Waals surface area contributed by atoms with E-state index in [1.54, 1.807) is 18.9 Å². The van der Waals surface area contributed by atoms with Gasteiger partial charge in [0.1, 0.15) is 0 Å². The first kappa shape index (κ1) is 19.5. The van der Waals surface area contributed by atoms with E-state index in [-0.39, 0.29) is 43.3 Å². The minimum absolute atomic E-state index is 0.0400. The third-order valence-electron chi connectivity index (χ3n) is 4.31. The highest BCUT2D eigenvalue weighted by atomic mass is 32.2. The molecule has 0 aliphatic carbocycles. The van der Waals surface area contributed by atoms with Crippen molar-refractivity contribution in [3.05, 3.63) is 27.9 Å². The predicted molar refractivity (Wildman–Crippen MR) is 91.7 cm³/mol. The Morgan fingerprint density at radius 2 is 1.92 bits per heavy atom. The van der Waals surface area contributed by atoms with Gasteiger partial charge in [-0.3, -0.25) is 9.59 Å². The third kappa shape index (κ3) is 4.65. The van der Waals surface area contributed by atoms with Crippen LogP contribution in [-0.4, -0.2) is 78.7 Å². The van der Waals surface area contributed by atoms with Crippen molar-refractivity contribution in [2.45, 2.75) is 13.3 Å². The highest BCUT2D eigenvalue weighted by Gasteiger charge is 2.28. The summed E-state index contributed by atoms with van der Waals surface area (Å²) in [4.78, 5) is 30.1. The van der Waals surface area contributed by atoms with Gasteiger partial charge in [0, 0.05) is 45.9 Å². The average molecular weight is 372 g/mol. The number of aromatic nitrogens is 2. The summed E-state index contributed by atoms with van der Waals surface area (Å²) >= 11 is 0. The van der Waals surface area contributed by atoms with E-state index in [4.69, 9.17) is 4.74 Å². The van der Waals surface area contributed by atoms with Crippen molar-refractivity contribution in [2.75, 3.05) is 45.6 Å². The molecule has 25 heavy (non-hydrogen) atoms. The number of sulfonamides is 1. The zero-order valence-electron chi connectivity index (χ0n) is 14.8. The van der Waals surface area contributed by atoms with Crippen LogP contribution in [0.25, 0.3) is 0 Å². The maximum Gasteiger partial charge on any atom is 0.256 e. The molecule has 0 N–H and O–H groups in total. The molecule has 0 saturated carbocycles. The first-order valence-electron chi connectivity index (χ1n) is 8.02. The second-order valence-corrected chi connectivity index (χ2v) is 8.09. The van der Waals surface area contributed by atoms with Gasteiger partial charge in [-0.2, -0.15) is 4.31 Å². The van der Waals surface area contributed by atoms with Gasteiger partial charge in [0.05, 0.1) is 30.8 Å². The highest BCUT2D eigenvalue weighted by Crippen LogP contribution is 2.10. The van der Waals surface area contributed by atoms with E-state index in [9.17, 15) is 18.0 Å². The summed E-state index contributed by atoms with van der Waals surface area (Å²) in [5.74, 6) is -0.216. The minimum atomic E-state index is -3.36. The zero-order valence-corrected chi connectivity index (χ0v) is 15.6. The number of ether oxygens (including phenoxy) is 1. The molecule has 9 nitrogen and oxygen atoms in total. The Morgan fingerprint density at radius 1 is 1.28 bits per heavy atom. The molecule has 140 valence electrons. The third-order valence-corrected chi connectivity index (χ3v) is 6.14. The Hall–Kier alpha value is -1.78. The maximum absolute atomic E-state index is 12.4. The van der Waals surface area contributed by atoms with Crippen molar-refractivity contribution in [2.24, 2.45) is 7.05 Å². The Kier molecular flexibility index (Phi) is 6.31. The van der Waals surface area contributed by atoms with E-state index in [2.05, 4.69) is 4.98 Å². The first-order chi connectivity index (χ1) is 11.8. The molecule has 0 spiro atoms. The van der Waals surface area contributed by atoms with E-state index in [0.717, 1.165) is 0 Å². The number of hydrogen-bond donors (Lipinski definition) is 0. The molecule has 1 aliphatic rings. The molecule has 2 rings (SSSR count). The van der Waals surface area contributed by atoms with Crippen LogP contribution < -0.4 is 5.56 Å². The summed E-state index contributed by atoms with van der Waals surface area (Å²) in [7, 11) is -0.291. The zero-order chi connectivity index (χ0) is 18.6. The second-order valence-electron chi connectivity index (χ2n) is 6.00. The van der Waals surface area contributed by atoms with Gasteiger partial charge in [0.2, 0.25) is 15.9 Å². The molecule has 1 aliphatic heterocycles. The van der Waals surface area contributed by atoms with Crippen LogP contribution in [0.1, 0.15) is 11.3 Å². The van der Waals surface area contributed by atoms with Gasteiger partial charge in [-0.05, 0) is 6.92 Å². The van der Waals surface area contributed by atoms with Gasteiger partial charge >= 0.3 is 0 Å². The molecule has 1 aromatic rings. The van der Waals surface area contributed by atoms with E-state index in [1.807, 2.05) is 0 Å². The minimum Gasteiger partial charge on any atom is -0.384 e. The predicted octanol–water partition coefficient (Wildman–Crippen LogP) is -1.25. The lowest BCUT2D eigenvalue weighted by Crippen LogP contribution is -2.51. The summed E-state index contributed by atoms with van der Waals surface area (Å²) in [6, 6.07) is 0. The summed E-state index contributed by atoms with van der Waals surface area (Å²) in [6.07, 6.45) is 1.44. The van der Waals surface area contributed by atoms with E-state index in [0.29, 0.717) is 24.3 Å². The highest BCUT2D eigenvalue weighted by molar-refractivity contribution is 7.89. The standard InChI is InChI=1S/C15H24N4O5S/c1-12-13(16-11-17(2)15(12)21)10-14(20)18-4-6-19(7-5-18)25(22,23)9-8-24-3/h11H,4-10H2,1-3H3. The SMILES string of the molecule is COCCS(=O)(=O)N1CCN(C(=O)Cc2ncn(C)c(=O)c2C)CC1. The van der Waals surface area contributed by atoms with Crippen molar-refractivity contribution < 1.29 is 17.9 Å². The molecular weight excluding hydrogens is 348 g/mol. The van der Waals surface area contributed by atoms with Gasteiger partial charge in [0.25, 0.3) is 5.56 Å². The van der Waals surface area contributed by atoms with Crippen LogP contribution >= 0.6 is 0 Å². The summed E-state index contributed by atoms with van der Waals surface area (Å²) in [5.41, 5.74) is 0.745. The van der Waals surface area contributed by atoms with Crippen molar-refractivity contribution >= 4 is 15.9 Å². The monoisotopic (exact) mass is 372 g/mol. The number of carbonyl (C=O) groups excluding carboxylic acids is 1. The Morgan fingerprint density at radius 3 is 2.52 bits per heavy atom. The molecular formula is C15H24N4O5S. The average Bonchev–Trinajstić information content (AvgIpc) is 2.60. The van der Waals surface area contributed by atoms with Crippen LogP contribution in [0.15, 0.2) is 11.1 Å². The van der Waals surface area contributed by atoms with Gasteiger partial charge < -0.3 is 14.2 Å². The van der Waals surface area contributed by atoms with Gasteiger partial charge in [-0.1, -0.05) is 0 Å². The van der Waals surface area contributed by atoms with Crippen molar-refractivity contribution in [3.8, 4) is 0 Å². The number of carbonyl (C=O) groups is 1. The van der Waals surface area contributed by atoms with Crippen LogP contribution in [0, 0.1) is 6.92 Å². The molecule has 1 fully saturated rings. The fraction of sp³-hybridized carbons (Fsp3) is 0.667. The first-order valence-corrected chi connectivity index (χ1v) is 9.63. The lowest BCUT2D eigenvalue weighted by molar-refractivity contribution is -0.131. The number of hydrogen-bond acceptors (Lipinski definition) is 6. The number of methoxy groups -OCH3 is 1. The molecule has 0 atom stereocenters. The largest absolute Gasteiger partial charge is 0.384 e. The van der Waals surface area contributed by atoms with Crippen LogP contribution in [0.2, 0.25) is 0 Å². The van der Waals surface area contributed by atoms with Gasteiger partial charge in [-0.25, -0.2) is 13.4 Å². The fourth-order valence-corrected chi connectivity index (χ4v) is 4.02. The molecule has 0 bridgehead atoms. The smallest absolute Gasteiger partial charge is 0.256 e. The number of rotatable bonds is 6. The fourth-order valence-electron chi connectivity index (χ4n) is 2.66. The number of nitrogens with zero attached hydrogens (tertiary/aromatic N) is 4. The van der Waals surface area contributed by atoms with Crippen molar-refractivity contribution in [1.82, 2.24) is 18.8 Å². The normalized spacial score (nSPS) is 16.2. The number of amides is 1. The van der Waals surface area contributed by atoms with E-state index >= 15 is 0 Å². The molecule has 1 saturated heterocycles. The molecule has 1 amide bonds. The quantitative estimate of drug-likeness (QED) is 0.618. The van der Waals surface area contributed by atoms with E-state index in [1.165, 1.54) is 22.3 Å². The maximum atomic E-state index is 12.4. The van der Waals surface area contributed by atoms with Crippen LogP contribution in [0.5, 0.6) is 0 Å². The van der Waals surface area contributed by atoms with Crippen molar-refractivity contribution in [3.63, 3.8) is 0 Å². The van der Waals surface area contributed by atoms with E-state index < -0.39 is 10.0 Å². The van der Waals surface area contributed by atoms with Crippen LogP contribution in [0.4, 0.5) is 0 Å². The molecule has 0 radical (unpaired) electrons. The molecule has 1 aromatic heterocycles. The summed E-state index contributed by atoms with van der Waals surface area (Å²) in [5, 5.41) is 0. The van der Waals surface area contributed by atoms with Gasteiger partial charge in [-0.15, -0.1) is 0 Å². The lowest BCUT2D eigenvalue weighted by atomic mass is 10.1. The Balaban J connectivity index is 1.96. The van der Waals surface area contributed by atoms with Gasteiger partial charge in [0.15, 0.2) is 0 Å². The molecule has 2 heterocycles. The number of piperazine rings is 1. The van der Waals surface area contributed by atoms with Crippen LogP contribution in [-0.2, 0) is 33.0 Å². The van der Waals surface area contributed by atoms with Crippen molar-refractivity contribution in [1.29, 1.82) is 0 Å². The lowest BCUT2D eigenvalue weighted by Gasteiger charge is -2.34. The second kappa shape index (κ2) is 8.07. The Labute approximate surface area is 147 Å². The molecule has 0 aromatic carbocycles. The summed E-state index contributed by atoms with van der Waals surface area (Å²) < 4.78 is 31.8. The summed E-state index contributed by atoms with van der Waals surface area (Å²) in [6.45, 7) is 2.99. The number of aryl methyl sites for hydroxylation is 1. The van der Waals surface area contributed by atoms with Crippen LogP contribution in [0.3, 0.4) is 0 Å². The molecule has 0 unspecified atom stereocenters. The topological polar surface area (TPSA) is 102 Å².